The highest BCUT2D eigenvalue weighted by atomic mass is 32.1. The summed E-state index contributed by atoms with van der Waals surface area (Å²) in [5.74, 6) is 0.782. The smallest absolute Gasteiger partial charge is 0.293 e. The van der Waals surface area contributed by atoms with E-state index in [1.54, 1.807) is 13.2 Å². The van der Waals surface area contributed by atoms with Crippen LogP contribution in [-0.4, -0.2) is 23.2 Å². The molecule has 1 aromatic carbocycles. The number of ether oxygens (including phenoxy) is 1. The average Bonchev–Trinajstić information content (AvgIpc) is 3.17. The van der Waals surface area contributed by atoms with Crippen LogP contribution in [0.4, 0.5) is 5.13 Å². The summed E-state index contributed by atoms with van der Waals surface area (Å²) in [4.78, 5) is 12.1. The molecule has 2 heterocycles. The van der Waals surface area contributed by atoms with E-state index in [4.69, 9.17) is 9.15 Å². The van der Waals surface area contributed by atoms with Gasteiger partial charge in [-0.15, -0.1) is 10.2 Å². The molecule has 3 aromatic rings. The van der Waals surface area contributed by atoms with E-state index in [0.29, 0.717) is 11.6 Å². The van der Waals surface area contributed by atoms with Gasteiger partial charge in [0.2, 0.25) is 5.13 Å². The number of hydrogen-bond acceptors (Lipinski definition) is 6. The van der Waals surface area contributed by atoms with Crippen LogP contribution >= 0.6 is 11.3 Å². The largest absolute Gasteiger partial charge is 0.497 e. The van der Waals surface area contributed by atoms with Gasteiger partial charge in [-0.1, -0.05) is 23.5 Å². The van der Waals surface area contributed by atoms with Crippen LogP contribution < -0.4 is 10.1 Å². The second kappa shape index (κ2) is 6.62. The molecule has 23 heavy (non-hydrogen) atoms. The third kappa shape index (κ3) is 3.57. The van der Waals surface area contributed by atoms with Crippen LogP contribution in [0.25, 0.3) is 0 Å². The van der Waals surface area contributed by atoms with Crippen molar-refractivity contribution < 1.29 is 13.9 Å². The lowest BCUT2D eigenvalue weighted by atomic mass is 10.1. The first-order valence-electron chi connectivity index (χ1n) is 6.96. The number of carbonyl (C=O) groups is 1. The van der Waals surface area contributed by atoms with Crippen molar-refractivity contribution in [3.05, 3.63) is 58.5 Å². The zero-order chi connectivity index (χ0) is 16.2. The Bertz CT molecular complexity index is 808. The zero-order valence-corrected chi connectivity index (χ0v) is 13.5. The lowest BCUT2D eigenvalue weighted by Crippen LogP contribution is -2.11. The predicted molar refractivity (Wildman–Crippen MR) is 87.1 cm³/mol. The Labute approximate surface area is 137 Å². The number of benzene rings is 1. The summed E-state index contributed by atoms with van der Waals surface area (Å²) in [6.45, 7) is 1.81. The maximum absolute atomic E-state index is 12.1. The molecular formula is C16H15N3O3S. The van der Waals surface area contributed by atoms with Gasteiger partial charge in [0.25, 0.3) is 5.91 Å². The number of anilines is 1. The highest BCUT2D eigenvalue weighted by Crippen LogP contribution is 2.21. The molecule has 0 bridgehead atoms. The van der Waals surface area contributed by atoms with Gasteiger partial charge in [0, 0.05) is 12.0 Å². The number of carbonyl (C=O) groups excluding carboxylic acids is 1. The number of aromatic nitrogens is 2. The van der Waals surface area contributed by atoms with Gasteiger partial charge in [0.05, 0.1) is 13.4 Å². The second-order valence-electron chi connectivity index (χ2n) is 4.91. The van der Waals surface area contributed by atoms with Crippen molar-refractivity contribution in [1.29, 1.82) is 0 Å². The van der Waals surface area contributed by atoms with E-state index in [1.807, 2.05) is 31.2 Å². The third-order valence-corrected chi connectivity index (χ3v) is 4.11. The summed E-state index contributed by atoms with van der Waals surface area (Å²) in [5.41, 5.74) is 1.88. The van der Waals surface area contributed by atoms with Crippen molar-refractivity contribution in [3.8, 4) is 5.75 Å². The topological polar surface area (TPSA) is 77.3 Å². The second-order valence-corrected chi connectivity index (χ2v) is 5.97. The molecule has 7 heteroatoms. The first-order valence-corrected chi connectivity index (χ1v) is 7.78. The number of methoxy groups -OCH3 is 1. The van der Waals surface area contributed by atoms with Gasteiger partial charge in [-0.25, -0.2) is 0 Å². The van der Waals surface area contributed by atoms with E-state index < -0.39 is 0 Å². The molecule has 0 spiro atoms. The van der Waals surface area contributed by atoms with E-state index in [9.17, 15) is 4.79 Å². The fourth-order valence-electron chi connectivity index (χ4n) is 2.05. The Hall–Kier alpha value is -2.67. The first kappa shape index (κ1) is 15.2. The highest BCUT2D eigenvalue weighted by molar-refractivity contribution is 7.15. The van der Waals surface area contributed by atoms with Gasteiger partial charge in [-0.3, -0.25) is 10.1 Å². The first-order chi connectivity index (χ1) is 11.2. The maximum atomic E-state index is 12.1. The van der Waals surface area contributed by atoms with E-state index in [2.05, 4.69) is 15.5 Å². The molecule has 0 aliphatic rings. The minimum absolute atomic E-state index is 0.289. The average molecular weight is 329 g/mol. The molecular weight excluding hydrogens is 314 g/mol. The van der Waals surface area contributed by atoms with E-state index in [0.717, 1.165) is 21.9 Å². The van der Waals surface area contributed by atoms with Gasteiger partial charge < -0.3 is 9.15 Å². The number of hydrogen-bond donors (Lipinski definition) is 1. The zero-order valence-electron chi connectivity index (χ0n) is 12.7. The Morgan fingerprint density at radius 1 is 1.26 bits per heavy atom. The van der Waals surface area contributed by atoms with Gasteiger partial charge >= 0.3 is 0 Å². The molecule has 3 rings (SSSR count). The van der Waals surface area contributed by atoms with E-state index >= 15 is 0 Å². The highest BCUT2D eigenvalue weighted by Gasteiger charge is 2.15. The fourth-order valence-corrected chi connectivity index (χ4v) is 2.82. The SMILES string of the molecule is COc1ccc(Cc2nnc(NC(=O)c3occc3C)s2)cc1. The van der Waals surface area contributed by atoms with E-state index in [1.165, 1.54) is 17.6 Å². The number of nitrogens with one attached hydrogen (secondary N) is 1. The molecule has 0 fully saturated rings. The molecule has 118 valence electrons. The molecule has 0 aliphatic carbocycles. The molecule has 1 N–H and O–H groups in total. The summed E-state index contributed by atoms with van der Waals surface area (Å²) in [5, 5.41) is 12.1. The minimum Gasteiger partial charge on any atom is -0.497 e. The Kier molecular flexibility index (Phi) is 4.38. The number of amides is 1. The molecule has 2 aromatic heterocycles. The molecule has 0 atom stereocenters. The van der Waals surface area contributed by atoms with Gasteiger partial charge in [0.15, 0.2) is 5.76 Å². The van der Waals surface area contributed by atoms with Gasteiger partial charge in [-0.05, 0) is 30.7 Å². The van der Waals surface area contributed by atoms with Crippen LogP contribution in [0.2, 0.25) is 0 Å². The van der Waals surface area contributed by atoms with Crippen molar-refractivity contribution in [3.63, 3.8) is 0 Å². The molecule has 1 amide bonds. The van der Waals surface area contributed by atoms with Crippen LogP contribution in [0, 0.1) is 6.92 Å². The summed E-state index contributed by atoms with van der Waals surface area (Å²) in [6.07, 6.45) is 2.14. The number of rotatable bonds is 5. The van der Waals surface area contributed by atoms with Crippen molar-refractivity contribution in [1.82, 2.24) is 10.2 Å². The molecule has 0 radical (unpaired) electrons. The number of furan rings is 1. The molecule has 6 nitrogen and oxygen atoms in total. The van der Waals surface area contributed by atoms with Crippen LogP contribution in [-0.2, 0) is 6.42 Å². The van der Waals surface area contributed by atoms with E-state index in [-0.39, 0.29) is 11.7 Å². The monoisotopic (exact) mass is 329 g/mol. The fraction of sp³-hybridized carbons (Fsp3) is 0.188. The Balaban J connectivity index is 1.65. The predicted octanol–water partition coefficient (Wildman–Crippen LogP) is 3.29. The number of aryl methyl sites for hydroxylation is 1. The molecule has 0 unspecified atom stereocenters. The standard InChI is InChI=1S/C16H15N3O3S/c1-10-7-8-22-14(10)15(20)17-16-19-18-13(23-16)9-11-3-5-12(21-2)6-4-11/h3-8H,9H2,1-2H3,(H,17,19,20). The Morgan fingerprint density at radius 3 is 2.70 bits per heavy atom. The summed E-state index contributed by atoms with van der Waals surface area (Å²) >= 11 is 1.34. The van der Waals surface area contributed by atoms with Gasteiger partial charge in [-0.2, -0.15) is 0 Å². The summed E-state index contributed by atoms with van der Waals surface area (Å²) in [7, 11) is 1.63. The summed E-state index contributed by atoms with van der Waals surface area (Å²) < 4.78 is 10.3. The van der Waals surface area contributed by atoms with Crippen LogP contribution in [0.15, 0.2) is 41.0 Å². The third-order valence-electron chi connectivity index (χ3n) is 3.27. The van der Waals surface area contributed by atoms with Crippen LogP contribution in [0.3, 0.4) is 0 Å². The molecule has 0 saturated heterocycles. The maximum Gasteiger partial charge on any atom is 0.293 e. The molecule has 0 aliphatic heterocycles. The van der Waals surface area contributed by atoms with Crippen molar-refractivity contribution in [2.75, 3.05) is 12.4 Å². The van der Waals surface area contributed by atoms with Gasteiger partial charge in [0.1, 0.15) is 10.8 Å². The normalized spacial score (nSPS) is 10.5. The minimum atomic E-state index is -0.320. The number of nitrogens with zero attached hydrogens (tertiary/aromatic N) is 2. The quantitative estimate of drug-likeness (QED) is 0.777. The summed E-state index contributed by atoms with van der Waals surface area (Å²) in [6, 6.07) is 9.50. The van der Waals surface area contributed by atoms with Crippen molar-refractivity contribution >= 4 is 22.4 Å². The van der Waals surface area contributed by atoms with Crippen LogP contribution in [0.5, 0.6) is 5.75 Å². The van der Waals surface area contributed by atoms with Crippen molar-refractivity contribution in [2.45, 2.75) is 13.3 Å². The van der Waals surface area contributed by atoms with Crippen LogP contribution in [0.1, 0.15) is 26.7 Å². The molecule has 0 saturated carbocycles. The lowest BCUT2D eigenvalue weighted by Gasteiger charge is -2.01. The Morgan fingerprint density at radius 2 is 2.04 bits per heavy atom. The van der Waals surface area contributed by atoms with Crippen molar-refractivity contribution in [2.24, 2.45) is 0 Å². The lowest BCUT2D eigenvalue weighted by molar-refractivity contribution is 0.0996.